The molecule has 6 heteroatoms. The molecule has 0 radical (unpaired) electrons. The van der Waals surface area contributed by atoms with Crippen LogP contribution in [0.15, 0.2) is 0 Å². The molecule has 5 nitrogen and oxygen atoms in total. The lowest BCUT2D eigenvalue weighted by Crippen LogP contribution is -2.12. The highest BCUT2D eigenvalue weighted by Crippen LogP contribution is 2.15. The van der Waals surface area contributed by atoms with E-state index in [0.717, 1.165) is 0 Å². The molecule has 0 aromatic heterocycles. The Bertz CT molecular complexity index is 306. The molecular formula is C16H36O5S. The SMILES string of the molecule is CCCCCCCCCCCCC(C)C(C)O.O=S(=O)(O)O. The van der Waals surface area contributed by atoms with Gasteiger partial charge in [0.2, 0.25) is 0 Å². The highest BCUT2D eigenvalue weighted by atomic mass is 32.3. The average molecular weight is 341 g/mol. The average Bonchev–Trinajstić information content (AvgIpc) is 2.38. The minimum absolute atomic E-state index is 0.131. The molecule has 0 aliphatic heterocycles. The Hall–Kier alpha value is -0.170. The number of hydrogen-bond donors (Lipinski definition) is 3. The summed E-state index contributed by atoms with van der Waals surface area (Å²) in [5.41, 5.74) is 0. The zero-order chi connectivity index (χ0) is 17.4. The molecule has 2 atom stereocenters. The quantitative estimate of drug-likeness (QED) is 0.355. The van der Waals surface area contributed by atoms with Gasteiger partial charge in [-0.25, -0.2) is 0 Å². The Labute approximate surface area is 137 Å². The fourth-order valence-electron chi connectivity index (χ4n) is 2.19. The smallest absolute Gasteiger partial charge is 0.393 e. The molecule has 3 N–H and O–H groups in total. The first-order valence-corrected chi connectivity index (χ1v) is 9.96. The molecule has 0 aromatic carbocycles. The molecule has 2 unspecified atom stereocenters. The third kappa shape index (κ3) is 28.1. The molecule has 0 spiro atoms. The van der Waals surface area contributed by atoms with Gasteiger partial charge in [-0.05, 0) is 19.3 Å². The van der Waals surface area contributed by atoms with Gasteiger partial charge in [-0.3, -0.25) is 9.11 Å². The van der Waals surface area contributed by atoms with Crippen molar-refractivity contribution in [3.05, 3.63) is 0 Å². The summed E-state index contributed by atoms with van der Waals surface area (Å²) in [5, 5.41) is 9.36. The van der Waals surface area contributed by atoms with Gasteiger partial charge >= 0.3 is 10.4 Å². The topological polar surface area (TPSA) is 94.8 Å². The molecular weight excluding hydrogens is 304 g/mol. The van der Waals surface area contributed by atoms with E-state index in [0.29, 0.717) is 5.92 Å². The van der Waals surface area contributed by atoms with Crippen molar-refractivity contribution in [3.63, 3.8) is 0 Å². The van der Waals surface area contributed by atoms with Crippen LogP contribution in [0.3, 0.4) is 0 Å². The van der Waals surface area contributed by atoms with Gasteiger partial charge in [0.25, 0.3) is 0 Å². The number of unbranched alkanes of at least 4 members (excludes halogenated alkanes) is 9. The van der Waals surface area contributed by atoms with Crippen molar-refractivity contribution in [1.29, 1.82) is 0 Å². The maximum atomic E-state index is 9.36. The van der Waals surface area contributed by atoms with E-state index in [1.165, 1.54) is 70.6 Å². The van der Waals surface area contributed by atoms with E-state index in [-0.39, 0.29) is 6.10 Å². The minimum Gasteiger partial charge on any atom is -0.393 e. The van der Waals surface area contributed by atoms with E-state index in [9.17, 15) is 5.11 Å². The van der Waals surface area contributed by atoms with E-state index < -0.39 is 10.4 Å². The normalized spacial score (nSPS) is 14.1. The lowest BCUT2D eigenvalue weighted by Gasteiger charge is -2.13. The van der Waals surface area contributed by atoms with Crippen molar-refractivity contribution in [3.8, 4) is 0 Å². The van der Waals surface area contributed by atoms with Crippen LogP contribution in [0.4, 0.5) is 0 Å². The summed E-state index contributed by atoms with van der Waals surface area (Å²) < 4.78 is 31.6. The van der Waals surface area contributed by atoms with E-state index in [4.69, 9.17) is 17.5 Å². The molecule has 0 amide bonds. The molecule has 0 aromatic rings. The summed E-state index contributed by atoms with van der Waals surface area (Å²) in [4.78, 5) is 0. The molecule has 136 valence electrons. The summed E-state index contributed by atoms with van der Waals surface area (Å²) in [6.07, 6.45) is 15.0. The lowest BCUT2D eigenvalue weighted by molar-refractivity contribution is 0.128. The largest absolute Gasteiger partial charge is 0.394 e. The number of aliphatic hydroxyl groups excluding tert-OH is 1. The van der Waals surface area contributed by atoms with Crippen LogP contribution < -0.4 is 0 Å². The second-order valence-corrected chi connectivity index (χ2v) is 7.03. The Morgan fingerprint density at radius 2 is 1.09 bits per heavy atom. The van der Waals surface area contributed by atoms with Gasteiger partial charge in [-0.2, -0.15) is 8.42 Å². The Kier molecular flexibility index (Phi) is 17.2. The fourth-order valence-corrected chi connectivity index (χ4v) is 2.19. The molecule has 0 heterocycles. The van der Waals surface area contributed by atoms with E-state index in [2.05, 4.69) is 13.8 Å². The van der Waals surface area contributed by atoms with Crippen LogP contribution in [0.25, 0.3) is 0 Å². The second kappa shape index (κ2) is 15.7. The van der Waals surface area contributed by atoms with E-state index >= 15 is 0 Å². The zero-order valence-electron chi connectivity index (χ0n) is 14.5. The van der Waals surface area contributed by atoms with Gasteiger partial charge in [0, 0.05) is 0 Å². The van der Waals surface area contributed by atoms with Gasteiger partial charge in [-0.15, -0.1) is 0 Å². The standard InChI is InChI=1S/C16H34O.H2O4S/c1-4-5-6-7-8-9-10-11-12-13-14-15(2)16(3)17;1-5(2,3)4/h15-17H,4-14H2,1-3H3;(H2,1,2,3,4). The third-order valence-corrected chi connectivity index (χ3v) is 3.84. The predicted octanol–water partition coefficient (Wildman–Crippen LogP) is 4.66. The molecule has 0 aliphatic rings. The van der Waals surface area contributed by atoms with Crippen LogP contribution >= 0.6 is 0 Å². The minimum atomic E-state index is -4.67. The van der Waals surface area contributed by atoms with Crippen molar-refractivity contribution in [2.75, 3.05) is 0 Å². The molecule has 0 rings (SSSR count). The summed E-state index contributed by atoms with van der Waals surface area (Å²) in [6.45, 7) is 6.33. The first-order chi connectivity index (χ1) is 10.2. The van der Waals surface area contributed by atoms with Crippen LogP contribution in [0.5, 0.6) is 0 Å². The Morgan fingerprint density at radius 1 is 0.773 bits per heavy atom. The van der Waals surface area contributed by atoms with Crippen molar-refractivity contribution in [2.24, 2.45) is 5.92 Å². The number of aliphatic hydroxyl groups is 1. The van der Waals surface area contributed by atoms with Gasteiger partial charge < -0.3 is 5.11 Å². The molecule has 0 saturated carbocycles. The van der Waals surface area contributed by atoms with Gasteiger partial charge in [-0.1, -0.05) is 78.1 Å². The summed E-state index contributed by atoms with van der Waals surface area (Å²) in [6, 6.07) is 0. The number of rotatable bonds is 12. The first-order valence-electron chi connectivity index (χ1n) is 8.56. The van der Waals surface area contributed by atoms with Crippen LogP contribution in [-0.2, 0) is 10.4 Å². The number of hydrogen-bond acceptors (Lipinski definition) is 3. The molecule has 22 heavy (non-hydrogen) atoms. The van der Waals surface area contributed by atoms with Gasteiger partial charge in [0.1, 0.15) is 0 Å². The molecule has 0 bridgehead atoms. The Morgan fingerprint density at radius 3 is 1.41 bits per heavy atom. The zero-order valence-corrected chi connectivity index (χ0v) is 15.3. The highest BCUT2D eigenvalue weighted by molar-refractivity contribution is 7.79. The van der Waals surface area contributed by atoms with Crippen LogP contribution in [0, 0.1) is 5.92 Å². The summed E-state index contributed by atoms with van der Waals surface area (Å²) in [5.74, 6) is 0.476. The Balaban J connectivity index is 0. The highest BCUT2D eigenvalue weighted by Gasteiger charge is 2.07. The van der Waals surface area contributed by atoms with Gasteiger partial charge in [0.05, 0.1) is 6.10 Å². The first kappa shape index (κ1) is 24.1. The molecule has 0 fully saturated rings. The lowest BCUT2D eigenvalue weighted by atomic mass is 9.97. The van der Waals surface area contributed by atoms with Crippen LogP contribution in [0.1, 0.15) is 91.4 Å². The monoisotopic (exact) mass is 340 g/mol. The molecule has 0 saturated heterocycles. The maximum absolute atomic E-state index is 9.36. The van der Waals surface area contributed by atoms with Crippen molar-refractivity contribution in [1.82, 2.24) is 0 Å². The summed E-state index contributed by atoms with van der Waals surface area (Å²) >= 11 is 0. The van der Waals surface area contributed by atoms with Crippen LogP contribution in [-0.4, -0.2) is 28.7 Å². The maximum Gasteiger partial charge on any atom is 0.394 e. The van der Waals surface area contributed by atoms with E-state index in [1.54, 1.807) is 0 Å². The summed E-state index contributed by atoms with van der Waals surface area (Å²) in [7, 11) is -4.67. The second-order valence-electron chi connectivity index (χ2n) is 6.14. The van der Waals surface area contributed by atoms with Crippen molar-refractivity contribution >= 4 is 10.4 Å². The fraction of sp³-hybridized carbons (Fsp3) is 1.00. The predicted molar refractivity (Wildman–Crippen MR) is 91.5 cm³/mol. The molecule has 0 aliphatic carbocycles. The van der Waals surface area contributed by atoms with Crippen molar-refractivity contribution < 1.29 is 22.6 Å². The third-order valence-electron chi connectivity index (χ3n) is 3.84. The van der Waals surface area contributed by atoms with Crippen molar-refractivity contribution in [2.45, 2.75) is 97.5 Å². The van der Waals surface area contributed by atoms with Crippen LogP contribution in [0.2, 0.25) is 0 Å². The van der Waals surface area contributed by atoms with Gasteiger partial charge in [0.15, 0.2) is 0 Å². The van der Waals surface area contributed by atoms with E-state index in [1.807, 2.05) is 6.92 Å².